The number of carbonyl (C=O) groups excluding carboxylic acids is 1. The van der Waals surface area contributed by atoms with Crippen LogP contribution in [0.15, 0.2) is 71.3 Å². The topological polar surface area (TPSA) is 95.7 Å². The molecule has 1 aromatic heterocycles. The molecule has 4 rings (SSSR count). The fourth-order valence-corrected chi connectivity index (χ4v) is 3.22. The number of nitrogens with one attached hydrogen (secondary N) is 1. The minimum atomic E-state index is -0.317. The van der Waals surface area contributed by atoms with Gasteiger partial charge in [-0.15, -0.1) is 0 Å². The Kier molecular flexibility index (Phi) is 6.03. The van der Waals surface area contributed by atoms with Crippen molar-refractivity contribution in [1.82, 2.24) is 10.1 Å². The average Bonchev–Trinajstić information content (AvgIpc) is 3.33. The third-order valence-corrected chi connectivity index (χ3v) is 4.83. The minimum Gasteiger partial charge on any atom is -0.496 e. The predicted octanol–water partition coefficient (Wildman–Crippen LogP) is 4.68. The standard InChI is InChI=1S/C24H21N3O5/c1-29-19-11-7-5-9-17(19)22-26-24(32-27-22)16-8-4-6-10-18(16)25-23(28)15-12-13-20(30-2)21(14-15)31-3/h4-14H,1-3H3,(H,25,28). The van der Waals surface area contributed by atoms with Gasteiger partial charge in [-0.25, -0.2) is 0 Å². The lowest BCUT2D eigenvalue weighted by atomic mass is 10.1. The molecular weight excluding hydrogens is 410 g/mol. The van der Waals surface area contributed by atoms with Gasteiger partial charge < -0.3 is 24.1 Å². The van der Waals surface area contributed by atoms with E-state index in [-0.39, 0.29) is 11.8 Å². The van der Waals surface area contributed by atoms with Crippen molar-refractivity contribution in [2.75, 3.05) is 26.6 Å². The molecule has 8 heteroatoms. The maximum Gasteiger partial charge on any atom is 0.260 e. The Balaban J connectivity index is 1.63. The van der Waals surface area contributed by atoms with E-state index < -0.39 is 0 Å². The first-order valence-electron chi connectivity index (χ1n) is 9.74. The van der Waals surface area contributed by atoms with Gasteiger partial charge in [0.25, 0.3) is 11.8 Å². The molecule has 3 aromatic carbocycles. The molecule has 0 aliphatic carbocycles. The summed E-state index contributed by atoms with van der Waals surface area (Å²) in [5.41, 5.74) is 2.24. The molecule has 0 bridgehead atoms. The average molecular weight is 431 g/mol. The lowest BCUT2D eigenvalue weighted by molar-refractivity contribution is 0.102. The predicted molar refractivity (Wildman–Crippen MR) is 119 cm³/mol. The molecule has 0 aliphatic heterocycles. The van der Waals surface area contributed by atoms with E-state index in [4.69, 9.17) is 18.7 Å². The van der Waals surface area contributed by atoms with Gasteiger partial charge in [-0.2, -0.15) is 4.98 Å². The van der Waals surface area contributed by atoms with Crippen LogP contribution >= 0.6 is 0 Å². The summed E-state index contributed by atoms with van der Waals surface area (Å²) >= 11 is 0. The Hall–Kier alpha value is -4.33. The van der Waals surface area contributed by atoms with Gasteiger partial charge in [-0.3, -0.25) is 4.79 Å². The number of nitrogens with zero attached hydrogens (tertiary/aromatic N) is 2. The molecule has 1 N–H and O–H groups in total. The Morgan fingerprint density at radius 1 is 0.812 bits per heavy atom. The largest absolute Gasteiger partial charge is 0.496 e. The van der Waals surface area contributed by atoms with Gasteiger partial charge in [0.1, 0.15) is 5.75 Å². The Labute approximate surface area is 184 Å². The zero-order chi connectivity index (χ0) is 22.5. The van der Waals surface area contributed by atoms with Crippen LogP contribution in [0.25, 0.3) is 22.8 Å². The van der Waals surface area contributed by atoms with Gasteiger partial charge >= 0.3 is 0 Å². The third kappa shape index (κ3) is 4.11. The lowest BCUT2D eigenvalue weighted by Crippen LogP contribution is -2.13. The van der Waals surface area contributed by atoms with Crippen molar-refractivity contribution >= 4 is 11.6 Å². The van der Waals surface area contributed by atoms with Crippen LogP contribution in [0, 0.1) is 0 Å². The molecule has 0 saturated heterocycles. The molecule has 0 aliphatic rings. The highest BCUT2D eigenvalue weighted by Gasteiger charge is 2.18. The van der Waals surface area contributed by atoms with Crippen LogP contribution in [0.2, 0.25) is 0 Å². The molecule has 4 aromatic rings. The highest BCUT2D eigenvalue weighted by Crippen LogP contribution is 2.32. The molecule has 162 valence electrons. The summed E-state index contributed by atoms with van der Waals surface area (Å²) < 4.78 is 21.4. The van der Waals surface area contributed by atoms with Gasteiger partial charge in [-0.05, 0) is 42.5 Å². The summed E-state index contributed by atoms with van der Waals surface area (Å²) in [5.74, 6) is 1.98. The molecule has 0 unspecified atom stereocenters. The van der Waals surface area contributed by atoms with E-state index in [1.54, 1.807) is 37.4 Å². The van der Waals surface area contributed by atoms with Crippen molar-refractivity contribution in [2.24, 2.45) is 0 Å². The second-order valence-corrected chi connectivity index (χ2v) is 6.69. The Morgan fingerprint density at radius 3 is 2.25 bits per heavy atom. The minimum absolute atomic E-state index is 0.272. The molecule has 8 nitrogen and oxygen atoms in total. The molecule has 32 heavy (non-hydrogen) atoms. The van der Waals surface area contributed by atoms with Gasteiger partial charge in [-0.1, -0.05) is 29.4 Å². The van der Waals surface area contributed by atoms with Crippen molar-refractivity contribution in [3.8, 4) is 40.1 Å². The summed E-state index contributed by atoms with van der Waals surface area (Å²) in [6, 6.07) is 19.5. The van der Waals surface area contributed by atoms with E-state index in [0.29, 0.717) is 45.5 Å². The van der Waals surface area contributed by atoms with Gasteiger partial charge in [0, 0.05) is 5.56 Å². The second kappa shape index (κ2) is 9.22. The van der Waals surface area contributed by atoms with E-state index in [9.17, 15) is 4.79 Å². The molecule has 0 atom stereocenters. The highest BCUT2D eigenvalue weighted by atomic mass is 16.5. The zero-order valence-electron chi connectivity index (χ0n) is 17.8. The number of methoxy groups -OCH3 is 3. The van der Waals surface area contributed by atoms with Crippen LogP contribution in [-0.4, -0.2) is 37.4 Å². The number of benzene rings is 3. The summed E-state index contributed by atoms with van der Waals surface area (Å²) in [7, 11) is 4.64. The van der Waals surface area contributed by atoms with Crippen molar-refractivity contribution in [3.05, 3.63) is 72.3 Å². The Morgan fingerprint density at radius 2 is 1.50 bits per heavy atom. The summed E-state index contributed by atoms with van der Waals surface area (Å²) in [6.45, 7) is 0. The van der Waals surface area contributed by atoms with Gasteiger partial charge in [0.05, 0.1) is 38.1 Å². The number of amides is 1. The number of aromatic nitrogens is 2. The van der Waals surface area contributed by atoms with Crippen molar-refractivity contribution < 1.29 is 23.5 Å². The lowest BCUT2D eigenvalue weighted by Gasteiger charge is -2.11. The maximum atomic E-state index is 12.9. The van der Waals surface area contributed by atoms with E-state index >= 15 is 0 Å². The SMILES string of the molecule is COc1ccc(C(=O)Nc2ccccc2-c2nc(-c3ccccc3OC)no2)cc1OC. The molecule has 0 fully saturated rings. The summed E-state index contributed by atoms with van der Waals surface area (Å²) in [5, 5.41) is 6.98. The highest BCUT2D eigenvalue weighted by molar-refractivity contribution is 6.06. The number of anilines is 1. The first-order valence-corrected chi connectivity index (χ1v) is 9.74. The zero-order valence-corrected chi connectivity index (χ0v) is 17.8. The number of hydrogen-bond donors (Lipinski definition) is 1. The summed E-state index contributed by atoms with van der Waals surface area (Å²) in [4.78, 5) is 17.4. The van der Waals surface area contributed by atoms with E-state index in [1.807, 2.05) is 36.4 Å². The quantitative estimate of drug-likeness (QED) is 0.454. The molecule has 1 amide bonds. The molecule has 0 saturated carbocycles. The van der Waals surface area contributed by atoms with Crippen molar-refractivity contribution in [2.45, 2.75) is 0 Å². The monoisotopic (exact) mass is 431 g/mol. The smallest absolute Gasteiger partial charge is 0.260 e. The number of rotatable bonds is 7. The van der Waals surface area contributed by atoms with Gasteiger partial charge in [0.15, 0.2) is 11.5 Å². The van der Waals surface area contributed by atoms with Crippen molar-refractivity contribution in [3.63, 3.8) is 0 Å². The number of hydrogen-bond acceptors (Lipinski definition) is 7. The summed E-state index contributed by atoms with van der Waals surface area (Å²) in [6.07, 6.45) is 0. The number of carbonyl (C=O) groups is 1. The van der Waals surface area contributed by atoms with E-state index in [1.165, 1.54) is 14.2 Å². The van der Waals surface area contributed by atoms with Crippen LogP contribution in [0.1, 0.15) is 10.4 Å². The van der Waals surface area contributed by atoms with E-state index in [2.05, 4.69) is 15.5 Å². The van der Waals surface area contributed by atoms with Crippen LogP contribution in [0.4, 0.5) is 5.69 Å². The van der Waals surface area contributed by atoms with Crippen LogP contribution in [0.3, 0.4) is 0 Å². The van der Waals surface area contributed by atoms with Crippen LogP contribution < -0.4 is 19.5 Å². The first kappa shape index (κ1) is 20.9. The maximum absolute atomic E-state index is 12.9. The first-order chi connectivity index (χ1) is 15.6. The Bertz CT molecular complexity index is 1250. The second-order valence-electron chi connectivity index (χ2n) is 6.69. The van der Waals surface area contributed by atoms with E-state index in [0.717, 1.165) is 0 Å². The number of para-hydroxylation sites is 2. The molecule has 0 spiro atoms. The third-order valence-electron chi connectivity index (χ3n) is 4.83. The van der Waals surface area contributed by atoms with Gasteiger partial charge in [0.2, 0.25) is 5.82 Å². The van der Waals surface area contributed by atoms with Crippen LogP contribution in [0.5, 0.6) is 17.2 Å². The fraction of sp³-hybridized carbons (Fsp3) is 0.125. The molecule has 0 radical (unpaired) electrons. The van der Waals surface area contributed by atoms with Crippen LogP contribution in [-0.2, 0) is 0 Å². The number of ether oxygens (including phenoxy) is 3. The molecule has 1 heterocycles. The fourth-order valence-electron chi connectivity index (χ4n) is 3.22. The van der Waals surface area contributed by atoms with Crippen molar-refractivity contribution in [1.29, 1.82) is 0 Å². The normalized spacial score (nSPS) is 10.5. The molecular formula is C24H21N3O5.